The van der Waals surface area contributed by atoms with Crippen molar-refractivity contribution >= 4 is 23.7 Å². The van der Waals surface area contributed by atoms with Crippen LogP contribution in [0, 0.1) is 0 Å². The van der Waals surface area contributed by atoms with E-state index in [1.54, 1.807) is 11.8 Å². The first kappa shape index (κ1) is 13.2. The van der Waals surface area contributed by atoms with Crippen LogP contribution >= 0.6 is 11.8 Å². The van der Waals surface area contributed by atoms with Gasteiger partial charge in [0.2, 0.25) is 0 Å². The highest BCUT2D eigenvalue weighted by Crippen LogP contribution is 2.00. The molecule has 1 atom stereocenters. The number of aliphatic carboxylic acids is 2. The largest absolute Gasteiger partial charge is 0.481 e. The van der Waals surface area contributed by atoms with Crippen molar-refractivity contribution in [3.05, 3.63) is 0 Å². The number of thioether (sulfide) groups is 1. The number of carbonyl (C=O) groups is 2. The fourth-order valence-corrected chi connectivity index (χ4v) is 1.37. The van der Waals surface area contributed by atoms with E-state index in [1.807, 2.05) is 6.26 Å². The highest BCUT2D eigenvalue weighted by molar-refractivity contribution is 7.98. The topological polar surface area (TPSA) is 86.6 Å². The minimum atomic E-state index is -0.926. The Bertz CT molecular complexity index is 198. The Morgan fingerprint density at radius 3 is 2.50 bits per heavy atom. The van der Waals surface area contributed by atoms with Crippen molar-refractivity contribution in [3.63, 3.8) is 0 Å². The van der Waals surface area contributed by atoms with Gasteiger partial charge in [0.15, 0.2) is 0 Å². The molecule has 0 saturated heterocycles. The number of carboxylic acid groups (broad SMARTS) is 2. The van der Waals surface area contributed by atoms with E-state index in [4.69, 9.17) is 10.2 Å². The molecule has 0 bridgehead atoms. The quantitative estimate of drug-likeness (QED) is 0.545. The molecular formula is C8H15NO4S. The molecule has 0 aromatic rings. The molecule has 0 amide bonds. The summed E-state index contributed by atoms with van der Waals surface area (Å²) in [7, 11) is 0. The molecular weight excluding hydrogens is 206 g/mol. The normalized spacial score (nSPS) is 12.4. The molecule has 0 heterocycles. The van der Waals surface area contributed by atoms with Crippen molar-refractivity contribution in [3.8, 4) is 0 Å². The van der Waals surface area contributed by atoms with Gasteiger partial charge in [-0.3, -0.25) is 9.59 Å². The van der Waals surface area contributed by atoms with Gasteiger partial charge in [0.25, 0.3) is 0 Å². The first-order chi connectivity index (χ1) is 6.57. The maximum Gasteiger partial charge on any atom is 0.320 e. The van der Waals surface area contributed by atoms with E-state index < -0.39 is 18.0 Å². The van der Waals surface area contributed by atoms with E-state index in [0.29, 0.717) is 6.42 Å². The summed E-state index contributed by atoms with van der Waals surface area (Å²) >= 11 is 1.57. The Morgan fingerprint density at radius 2 is 2.07 bits per heavy atom. The molecule has 0 saturated carbocycles. The van der Waals surface area contributed by atoms with Crippen LogP contribution in [-0.2, 0) is 9.59 Å². The van der Waals surface area contributed by atoms with E-state index in [9.17, 15) is 9.59 Å². The summed E-state index contributed by atoms with van der Waals surface area (Å²) in [5.74, 6) is -1.10. The molecule has 0 rings (SSSR count). The van der Waals surface area contributed by atoms with Crippen molar-refractivity contribution in [2.24, 2.45) is 0 Å². The third kappa shape index (κ3) is 6.73. The maximum atomic E-state index is 10.7. The number of nitrogens with one attached hydrogen (secondary N) is 1. The lowest BCUT2D eigenvalue weighted by Gasteiger charge is -2.12. The lowest BCUT2D eigenvalue weighted by molar-refractivity contribution is -0.140. The number of rotatable bonds is 8. The second-order valence-electron chi connectivity index (χ2n) is 2.77. The van der Waals surface area contributed by atoms with Crippen LogP contribution in [0.3, 0.4) is 0 Å². The molecule has 0 radical (unpaired) electrons. The van der Waals surface area contributed by atoms with Gasteiger partial charge in [-0.15, -0.1) is 0 Å². The van der Waals surface area contributed by atoms with E-state index in [-0.39, 0.29) is 13.0 Å². The zero-order chi connectivity index (χ0) is 11.0. The molecule has 0 spiro atoms. The van der Waals surface area contributed by atoms with Gasteiger partial charge in [-0.2, -0.15) is 11.8 Å². The average molecular weight is 221 g/mol. The zero-order valence-corrected chi connectivity index (χ0v) is 8.84. The highest BCUT2D eigenvalue weighted by atomic mass is 32.2. The van der Waals surface area contributed by atoms with Crippen molar-refractivity contribution in [1.29, 1.82) is 0 Å². The Labute approximate surface area is 86.9 Å². The smallest absolute Gasteiger partial charge is 0.320 e. The van der Waals surface area contributed by atoms with Crippen molar-refractivity contribution in [2.75, 3.05) is 18.6 Å². The van der Waals surface area contributed by atoms with Crippen LogP contribution in [0.15, 0.2) is 0 Å². The first-order valence-corrected chi connectivity index (χ1v) is 5.64. The number of carboxylic acids is 2. The highest BCUT2D eigenvalue weighted by Gasteiger charge is 2.15. The third-order valence-electron chi connectivity index (χ3n) is 1.64. The molecule has 0 aliphatic carbocycles. The predicted octanol–water partition coefficient (Wildman–Crippen LogP) is 0.257. The van der Waals surface area contributed by atoms with E-state index in [1.165, 1.54) is 0 Å². The molecule has 6 heteroatoms. The fraction of sp³-hybridized carbons (Fsp3) is 0.750. The number of hydrogen-bond acceptors (Lipinski definition) is 4. The van der Waals surface area contributed by atoms with Crippen LogP contribution in [0.1, 0.15) is 12.8 Å². The van der Waals surface area contributed by atoms with Crippen LogP contribution in [-0.4, -0.2) is 46.7 Å². The van der Waals surface area contributed by atoms with Gasteiger partial charge < -0.3 is 15.5 Å². The van der Waals surface area contributed by atoms with Gasteiger partial charge in [-0.05, 0) is 18.4 Å². The summed E-state index contributed by atoms with van der Waals surface area (Å²) in [4.78, 5) is 20.8. The van der Waals surface area contributed by atoms with Crippen LogP contribution in [0.25, 0.3) is 0 Å². The Kier molecular flexibility index (Phi) is 7.23. The monoisotopic (exact) mass is 221 g/mol. The van der Waals surface area contributed by atoms with Crippen molar-refractivity contribution in [2.45, 2.75) is 18.9 Å². The van der Waals surface area contributed by atoms with Crippen LogP contribution in [0.2, 0.25) is 0 Å². The zero-order valence-electron chi connectivity index (χ0n) is 8.02. The molecule has 5 nitrogen and oxygen atoms in total. The van der Waals surface area contributed by atoms with Gasteiger partial charge in [0, 0.05) is 6.54 Å². The molecule has 1 unspecified atom stereocenters. The summed E-state index contributed by atoms with van der Waals surface area (Å²) in [6.07, 6.45) is 2.36. The van der Waals surface area contributed by atoms with Gasteiger partial charge in [0.05, 0.1) is 6.42 Å². The first-order valence-electron chi connectivity index (χ1n) is 4.25. The SMILES string of the molecule is CSCCC(NCCC(=O)O)C(=O)O. The minimum Gasteiger partial charge on any atom is -0.481 e. The molecule has 14 heavy (non-hydrogen) atoms. The number of hydrogen-bond donors (Lipinski definition) is 3. The summed E-state index contributed by atoms with van der Waals surface area (Å²) in [5.41, 5.74) is 0. The standard InChI is InChI=1S/C8H15NO4S/c1-14-5-3-6(8(12)13)9-4-2-7(10)11/h6,9H,2-5H2,1H3,(H,10,11)(H,12,13). The van der Waals surface area contributed by atoms with Crippen molar-refractivity contribution < 1.29 is 19.8 Å². The Balaban J connectivity index is 3.73. The summed E-state index contributed by atoms with van der Waals surface area (Å²) in [6.45, 7) is 0.195. The third-order valence-corrected chi connectivity index (χ3v) is 2.28. The second kappa shape index (κ2) is 7.64. The molecule has 3 N–H and O–H groups in total. The molecule has 0 aromatic heterocycles. The Morgan fingerprint density at radius 1 is 1.43 bits per heavy atom. The summed E-state index contributed by atoms with van der Waals surface area (Å²) in [6, 6.07) is -0.637. The Hall–Kier alpha value is -0.750. The van der Waals surface area contributed by atoms with E-state index >= 15 is 0 Å². The van der Waals surface area contributed by atoms with Gasteiger partial charge in [-0.25, -0.2) is 0 Å². The summed E-state index contributed by atoms with van der Waals surface area (Å²) in [5, 5.41) is 19.8. The van der Waals surface area contributed by atoms with Crippen molar-refractivity contribution in [1.82, 2.24) is 5.32 Å². The van der Waals surface area contributed by atoms with Gasteiger partial charge in [0.1, 0.15) is 6.04 Å². The average Bonchev–Trinajstić information content (AvgIpc) is 2.09. The molecule has 0 fully saturated rings. The lowest BCUT2D eigenvalue weighted by Crippen LogP contribution is -2.38. The molecule has 82 valence electrons. The molecule has 0 aromatic carbocycles. The van der Waals surface area contributed by atoms with Crippen LogP contribution < -0.4 is 5.32 Å². The molecule has 0 aliphatic rings. The predicted molar refractivity (Wildman–Crippen MR) is 54.7 cm³/mol. The van der Waals surface area contributed by atoms with Crippen LogP contribution in [0.4, 0.5) is 0 Å². The fourth-order valence-electron chi connectivity index (χ4n) is 0.902. The van der Waals surface area contributed by atoms with E-state index in [0.717, 1.165) is 5.75 Å². The summed E-state index contributed by atoms with van der Waals surface area (Å²) < 4.78 is 0. The van der Waals surface area contributed by atoms with Gasteiger partial charge in [-0.1, -0.05) is 0 Å². The van der Waals surface area contributed by atoms with Gasteiger partial charge >= 0.3 is 11.9 Å². The lowest BCUT2D eigenvalue weighted by atomic mass is 10.2. The maximum absolute atomic E-state index is 10.7. The molecule has 0 aliphatic heterocycles. The minimum absolute atomic E-state index is 0.0525. The van der Waals surface area contributed by atoms with E-state index in [2.05, 4.69) is 5.32 Å². The second-order valence-corrected chi connectivity index (χ2v) is 3.76. The van der Waals surface area contributed by atoms with Crippen LogP contribution in [0.5, 0.6) is 0 Å².